The summed E-state index contributed by atoms with van der Waals surface area (Å²) in [5.74, 6) is -0.201. The number of halogens is 1. The van der Waals surface area contributed by atoms with Gasteiger partial charge < -0.3 is 43.8 Å². The second-order valence-corrected chi connectivity index (χ2v) is 7.30. The van der Waals surface area contributed by atoms with Crippen molar-refractivity contribution in [1.29, 1.82) is 5.26 Å². The smallest absolute Gasteiger partial charge is 0.266 e. The highest BCUT2D eigenvalue weighted by Gasteiger charge is 2.02. The Morgan fingerprint density at radius 3 is 2.10 bits per heavy atom. The van der Waals surface area contributed by atoms with E-state index in [-0.39, 0.29) is 23.4 Å². The van der Waals surface area contributed by atoms with Gasteiger partial charge in [-0.25, -0.2) is 4.39 Å². The number of aliphatic hydroxyl groups excluding tert-OH is 1. The van der Waals surface area contributed by atoms with Gasteiger partial charge in [0.05, 0.1) is 12.3 Å². The van der Waals surface area contributed by atoms with Crippen LogP contribution in [0.3, 0.4) is 0 Å². The Bertz CT molecular complexity index is 1070. The summed E-state index contributed by atoms with van der Waals surface area (Å²) in [6, 6.07) is 14.7. The zero-order chi connectivity index (χ0) is 29.9. The van der Waals surface area contributed by atoms with Crippen LogP contribution in [0.1, 0.15) is 17.5 Å². The molecule has 0 aliphatic carbocycles. The van der Waals surface area contributed by atoms with Gasteiger partial charge in [0.1, 0.15) is 23.3 Å². The van der Waals surface area contributed by atoms with Crippen LogP contribution in [0.5, 0.6) is 0 Å². The van der Waals surface area contributed by atoms with Gasteiger partial charge >= 0.3 is 0 Å². The van der Waals surface area contributed by atoms with Crippen LogP contribution in [0.25, 0.3) is 6.08 Å². The molecule has 216 valence electrons. The standard InChI is InChI=1S/C8H9N.C7H5FN2.C4H12N2O.C4H11NO.C3H5N3O/c1-2-7-3-5-8(9)6-4-7;8-6-2-1-3-7(10)5(6)4-9;5-1-2-6-3-4-7;1-6-4-2-3-5;4-2-1-3(7)6-5-2/h2-6H,1,9H2;1-3H,10H2;6-7H,1-5H2;2-5H2,1H3;1H,(H4,4,5,6,7). The van der Waals surface area contributed by atoms with Crippen LogP contribution in [0.4, 0.5) is 21.6 Å². The molecular weight excluding hydrogens is 505 g/mol. The van der Waals surface area contributed by atoms with Gasteiger partial charge in [-0.3, -0.25) is 15.0 Å². The number of nitrogens with two attached hydrogens (primary N) is 5. The van der Waals surface area contributed by atoms with Crippen LogP contribution in [0.15, 0.2) is 59.9 Å². The Labute approximate surface area is 228 Å². The Kier molecular flexibility index (Phi) is 24.1. The number of H-pyrrole nitrogens is 2. The maximum atomic E-state index is 12.5. The maximum Gasteiger partial charge on any atom is 0.266 e. The van der Waals surface area contributed by atoms with E-state index in [0.717, 1.165) is 37.4 Å². The van der Waals surface area contributed by atoms with Gasteiger partial charge in [-0.15, -0.1) is 0 Å². The van der Waals surface area contributed by atoms with Gasteiger partial charge in [0.2, 0.25) is 0 Å². The van der Waals surface area contributed by atoms with E-state index in [9.17, 15) is 9.18 Å². The van der Waals surface area contributed by atoms with E-state index in [2.05, 4.69) is 22.1 Å². The number of methoxy groups -OCH3 is 1. The third kappa shape index (κ3) is 21.6. The number of benzene rings is 2. The maximum absolute atomic E-state index is 12.5. The second kappa shape index (κ2) is 25.5. The third-order valence-electron chi connectivity index (χ3n) is 4.11. The number of aromatic nitrogens is 2. The van der Waals surface area contributed by atoms with Gasteiger partial charge in [-0.2, -0.15) is 5.26 Å². The molecule has 39 heavy (non-hydrogen) atoms. The zero-order valence-corrected chi connectivity index (χ0v) is 22.3. The van der Waals surface area contributed by atoms with E-state index in [1.165, 1.54) is 24.3 Å². The molecule has 0 fully saturated rings. The van der Waals surface area contributed by atoms with Crippen LogP contribution < -0.4 is 39.5 Å². The lowest BCUT2D eigenvalue weighted by atomic mass is 10.2. The number of aromatic amines is 2. The molecule has 0 saturated carbocycles. The fourth-order valence-corrected chi connectivity index (χ4v) is 2.17. The number of nitrogens with one attached hydrogen (secondary N) is 3. The fourth-order valence-electron chi connectivity index (χ4n) is 2.17. The molecule has 2 aromatic carbocycles. The van der Waals surface area contributed by atoms with E-state index in [0.29, 0.717) is 18.9 Å². The molecule has 13 heteroatoms. The summed E-state index contributed by atoms with van der Waals surface area (Å²) < 4.78 is 17.3. The highest BCUT2D eigenvalue weighted by atomic mass is 19.1. The predicted molar refractivity (Wildman–Crippen MR) is 157 cm³/mol. The van der Waals surface area contributed by atoms with Crippen molar-refractivity contribution >= 4 is 23.3 Å². The van der Waals surface area contributed by atoms with Crippen molar-refractivity contribution in [3.05, 3.63) is 82.4 Å². The SMILES string of the molecule is C=Cc1ccc(N)cc1.COCCCN.N#Cc1c(N)cccc1F.NCCNCCO.Nc1cc(=O)[nH][nH]1. The number of aliphatic hydroxyl groups is 1. The molecule has 14 N–H and O–H groups in total. The summed E-state index contributed by atoms with van der Waals surface area (Å²) >= 11 is 0. The van der Waals surface area contributed by atoms with Crippen LogP contribution in [-0.2, 0) is 4.74 Å². The minimum atomic E-state index is -0.567. The molecule has 1 heterocycles. The normalized spacial score (nSPS) is 9.03. The molecule has 0 saturated heterocycles. The number of ether oxygens (including phenoxy) is 1. The van der Waals surface area contributed by atoms with E-state index < -0.39 is 5.82 Å². The summed E-state index contributed by atoms with van der Waals surface area (Å²) in [4.78, 5) is 10.1. The first kappa shape index (κ1) is 37.0. The van der Waals surface area contributed by atoms with Gasteiger partial charge in [-0.05, 0) is 42.8 Å². The molecule has 0 unspecified atom stereocenters. The zero-order valence-electron chi connectivity index (χ0n) is 22.3. The summed E-state index contributed by atoms with van der Waals surface area (Å²) in [5, 5.41) is 24.1. The summed E-state index contributed by atoms with van der Waals surface area (Å²) in [6.45, 7) is 7.41. The number of hydrogen-bond acceptors (Lipinski definition) is 10. The number of rotatable bonds is 8. The van der Waals surface area contributed by atoms with Crippen molar-refractivity contribution in [2.75, 3.05) is 63.7 Å². The highest BCUT2D eigenvalue weighted by molar-refractivity contribution is 5.54. The predicted octanol–water partition coefficient (Wildman–Crippen LogP) is 0.985. The molecule has 0 aliphatic heterocycles. The first-order valence-corrected chi connectivity index (χ1v) is 11.9. The minimum absolute atomic E-state index is 0.0810. The quantitative estimate of drug-likeness (QED) is 0.143. The molecule has 3 aromatic rings. The molecular formula is C26H42FN9O3. The van der Waals surface area contributed by atoms with Crippen molar-refractivity contribution in [3.63, 3.8) is 0 Å². The van der Waals surface area contributed by atoms with E-state index >= 15 is 0 Å². The monoisotopic (exact) mass is 547 g/mol. The average molecular weight is 548 g/mol. The van der Waals surface area contributed by atoms with Crippen LogP contribution in [0, 0.1) is 17.1 Å². The second-order valence-electron chi connectivity index (χ2n) is 7.30. The average Bonchev–Trinajstić information content (AvgIpc) is 3.32. The molecule has 12 nitrogen and oxygen atoms in total. The van der Waals surface area contributed by atoms with Crippen molar-refractivity contribution in [1.82, 2.24) is 15.5 Å². The lowest BCUT2D eigenvalue weighted by Crippen LogP contribution is -2.24. The number of nitrogen functional groups attached to an aromatic ring is 3. The topological polar surface area (TPSA) is 244 Å². The Morgan fingerprint density at radius 2 is 1.77 bits per heavy atom. The Balaban J connectivity index is 0. The lowest BCUT2D eigenvalue weighted by Gasteiger charge is -1.95. The van der Waals surface area contributed by atoms with Gasteiger partial charge in [0, 0.05) is 45.1 Å². The summed E-state index contributed by atoms with van der Waals surface area (Å²) in [7, 11) is 1.68. The van der Waals surface area contributed by atoms with E-state index in [1.54, 1.807) is 19.3 Å². The molecule has 3 rings (SSSR count). The number of nitrogens with zero attached hydrogens (tertiary/aromatic N) is 1. The summed E-state index contributed by atoms with van der Waals surface area (Å²) in [6.07, 6.45) is 2.76. The molecule has 0 spiro atoms. The highest BCUT2D eigenvalue weighted by Crippen LogP contribution is 2.13. The van der Waals surface area contributed by atoms with Crippen molar-refractivity contribution in [2.45, 2.75) is 6.42 Å². The first-order valence-electron chi connectivity index (χ1n) is 11.9. The van der Waals surface area contributed by atoms with Crippen LogP contribution in [0.2, 0.25) is 0 Å². The van der Waals surface area contributed by atoms with Crippen molar-refractivity contribution in [3.8, 4) is 6.07 Å². The number of anilines is 3. The van der Waals surface area contributed by atoms with Crippen molar-refractivity contribution in [2.24, 2.45) is 11.5 Å². The largest absolute Gasteiger partial charge is 0.399 e. The molecule has 0 aliphatic rings. The Morgan fingerprint density at radius 1 is 1.10 bits per heavy atom. The first-order chi connectivity index (χ1) is 18.7. The van der Waals surface area contributed by atoms with Crippen LogP contribution in [-0.4, -0.2) is 61.8 Å². The number of nitriles is 1. The van der Waals surface area contributed by atoms with Gasteiger partial charge in [-0.1, -0.05) is 30.9 Å². The summed E-state index contributed by atoms with van der Waals surface area (Å²) in [5.41, 5.74) is 27.9. The van der Waals surface area contributed by atoms with Gasteiger partial charge in [0.15, 0.2) is 0 Å². The fraction of sp³-hybridized carbons (Fsp3) is 0.308. The Hall–Kier alpha value is -4.19. The molecule has 0 bridgehead atoms. The molecule has 0 atom stereocenters. The number of hydrogen-bond donors (Lipinski definition) is 9. The molecule has 0 amide bonds. The van der Waals surface area contributed by atoms with Gasteiger partial charge in [0.25, 0.3) is 5.56 Å². The van der Waals surface area contributed by atoms with E-state index in [1.807, 2.05) is 24.3 Å². The minimum Gasteiger partial charge on any atom is -0.399 e. The molecule has 0 radical (unpaired) electrons. The van der Waals surface area contributed by atoms with E-state index in [4.69, 9.17) is 43.8 Å². The molecule has 1 aromatic heterocycles. The van der Waals surface area contributed by atoms with Crippen molar-refractivity contribution < 1.29 is 14.2 Å². The third-order valence-corrected chi connectivity index (χ3v) is 4.11. The lowest BCUT2D eigenvalue weighted by molar-refractivity contribution is 0.197. The van der Waals surface area contributed by atoms with Crippen LogP contribution >= 0.6 is 0 Å².